The van der Waals surface area contributed by atoms with Gasteiger partial charge in [-0.15, -0.1) is 0 Å². The summed E-state index contributed by atoms with van der Waals surface area (Å²) in [5.41, 5.74) is 8.58. The topological polar surface area (TPSA) is 132 Å². The van der Waals surface area contributed by atoms with Crippen LogP contribution in [-0.2, 0) is 16.1 Å². The molecule has 3 rings (SSSR count). The van der Waals surface area contributed by atoms with Gasteiger partial charge in [-0.2, -0.15) is 15.0 Å². The summed E-state index contributed by atoms with van der Waals surface area (Å²) in [5.74, 6) is -0.253. The van der Waals surface area contributed by atoms with E-state index in [9.17, 15) is 9.59 Å². The molecule has 1 aromatic heterocycles. The van der Waals surface area contributed by atoms with Crippen molar-refractivity contribution in [2.75, 3.05) is 16.4 Å². The van der Waals surface area contributed by atoms with Crippen molar-refractivity contribution in [3.63, 3.8) is 0 Å². The number of nitrogens with two attached hydrogens (primary N) is 1. The van der Waals surface area contributed by atoms with Crippen LogP contribution in [0.15, 0.2) is 48.5 Å². The number of nitrogens with zero attached hydrogens (tertiary/aromatic N) is 3. The van der Waals surface area contributed by atoms with Crippen molar-refractivity contribution in [1.82, 2.24) is 15.0 Å². The number of amides is 1. The molecular formula is C20H20N6O3. The third-order valence-electron chi connectivity index (χ3n) is 3.78. The van der Waals surface area contributed by atoms with Crippen LogP contribution in [0, 0.1) is 6.92 Å². The van der Waals surface area contributed by atoms with Gasteiger partial charge in [0.15, 0.2) is 12.4 Å². The summed E-state index contributed by atoms with van der Waals surface area (Å²) in [4.78, 5) is 35.5. The Morgan fingerprint density at radius 1 is 0.966 bits per heavy atom. The Hall–Kier alpha value is -4.01. The van der Waals surface area contributed by atoms with Gasteiger partial charge in [-0.05, 0) is 43.3 Å². The molecule has 4 N–H and O–H groups in total. The van der Waals surface area contributed by atoms with E-state index in [1.54, 1.807) is 24.3 Å². The van der Waals surface area contributed by atoms with Crippen LogP contribution in [0.2, 0.25) is 0 Å². The number of rotatable bonds is 6. The van der Waals surface area contributed by atoms with Crippen molar-refractivity contribution >= 4 is 35.1 Å². The molecule has 9 heteroatoms. The molecule has 0 radical (unpaired) electrons. The van der Waals surface area contributed by atoms with Gasteiger partial charge in [-0.3, -0.25) is 4.79 Å². The van der Waals surface area contributed by atoms with E-state index in [1.165, 1.54) is 6.92 Å². The molecule has 0 bridgehead atoms. The lowest BCUT2D eigenvalue weighted by molar-refractivity contribution is -0.114. The normalized spacial score (nSPS) is 10.3. The third-order valence-corrected chi connectivity index (χ3v) is 3.78. The first kappa shape index (κ1) is 19.7. The number of anilines is 4. The van der Waals surface area contributed by atoms with Crippen molar-refractivity contribution < 1.29 is 14.3 Å². The van der Waals surface area contributed by atoms with Gasteiger partial charge in [0.2, 0.25) is 17.8 Å². The Morgan fingerprint density at radius 3 is 2.28 bits per heavy atom. The molecule has 0 atom stereocenters. The minimum atomic E-state index is -0.550. The zero-order chi connectivity index (χ0) is 20.8. The van der Waals surface area contributed by atoms with Crippen molar-refractivity contribution in [3.05, 3.63) is 65.5 Å². The number of nitrogen functional groups attached to an aromatic ring is 1. The number of benzene rings is 2. The van der Waals surface area contributed by atoms with E-state index in [4.69, 9.17) is 10.5 Å². The molecule has 3 aromatic rings. The summed E-state index contributed by atoms with van der Waals surface area (Å²) in [6, 6.07) is 14.0. The number of carbonyl (C=O) groups excluding carboxylic acids is 2. The van der Waals surface area contributed by atoms with Crippen molar-refractivity contribution in [2.24, 2.45) is 0 Å². The second kappa shape index (κ2) is 8.79. The smallest absolute Gasteiger partial charge is 0.338 e. The Kier molecular flexibility index (Phi) is 5.98. The number of hydrogen-bond acceptors (Lipinski definition) is 8. The minimum Gasteiger partial charge on any atom is -0.454 e. The fourth-order valence-electron chi connectivity index (χ4n) is 2.43. The maximum absolute atomic E-state index is 12.2. The predicted molar refractivity (Wildman–Crippen MR) is 109 cm³/mol. The maximum atomic E-state index is 12.2. The quantitative estimate of drug-likeness (QED) is 0.546. The predicted octanol–water partition coefficient (Wildman–Crippen LogP) is 2.82. The number of nitrogens with one attached hydrogen (secondary N) is 2. The second-order valence-electron chi connectivity index (χ2n) is 6.26. The van der Waals surface area contributed by atoms with E-state index in [0.717, 1.165) is 11.3 Å². The van der Waals surface area contributed by atoms with Gasteiger partial charge >= 0.3 is 5.97 Å². The lowest BCUT2D eigenvalue weighted by Crippen LogP contribution is -2.11. The summed E-state index contributed by atoms with van der Waals surface area (Å²) in [6.07, 6.45) is 0. The molecular weight excluding hydrogens is 372 g/mol. The molecule has 0 saturated carbocycles. The van der Waals surface area contributed by atoms with Crippen LogP contribution in [-0.4, -0.2) is 26.8 Å². The highest BCUT2D eigenvalue weighted by atomic mass is 16.5. The van der Waals surface area contributed by atoms with Crippen LogP contribution in [0.1, 0.15) is 28.7 Å². The van der Waals surface area contributed by atoms with Crippen LogP contribution >= 0.6 is 0 Å². The molecule has 0 unspecified atom stereocenters. The van der Waals surface area contributed by atoms with Gasteiger partial charge in [0.1, 0.15) is 0 Å². The molecule has 0 fully saturated rings. The highest BCUT2D eigenvalue weighted by molar-refractivity contribution is 5.92. The molecule has 9 nitrogen and oxygen atoms in total. The van der Waals surface area contributed by atoms with Gasteiger partial charge in [0, 0.05) is 18.3 Å². The molecule has 1 heterocycles. The molecule has 0 saturated heterocycles. The van der Waals surface area contributed by atoms with Crippen LogP contribution in [0.5, 0.6) is 0 Å². The summed E-state index contributed by atoms with van der Waals surface area (Å²) >= 11 is 0. The van der Waals surface area contributed by atoms with Gasteiger partial charge in [0.05, 0.1) is 5.56 Å². The molecule has 0 aliphatic heterocycles. The van der Waals surface area contributed by atoms with Gasteiger partial charge in [-0.1, -0.05) is 17.7 Å². The molecule has 29 heavy (non-hydrogen) atoms. The van der Waals surface area contributed by atoms with E-state index in [0.29, 0.717) is 11.3 Å². The highest BCUT2D eigenvalue weighted by Crippen LogP contribution is 2.15. The first-order valence-corrected chi connectivity index (χ1v) is 8.78. The summed E-state index contributed by atoms with van der Waals surface area (Å²) in [5, 5.41) is 5.66. The molecule has 1 amide bonds. The van der Waals surface area contributed by atoms with Crippen molar-refractivity contribution in [1.29, 1.82) is 0 Å². The number of ether oxygens (including phenoxy) is 1. The largest absolute Gasteiger partial charge is 0.454 e. The molecule has 148 valence electrons. The molecule has 0 aliphatic rings. The lowest BCUT2D eigenvalue weighted by atomic mass is 10.2. The molecule has 2 aromatic carbocycles. The Labute approximate surface area is 167 Å². The van der Waals surface area contributed by atoms with E-state index < -0.39 is 5.97 Å². The average Bonchev–Trinajstić information content (AvgIpc) is 2.68. The zero-order valence-corrected chi connectivity index (χ0v) is 16.0. The average molecular weight is 392 g/mol. The van der Waals surface area contributed by atoms with E-state index in [2.05, 4.69) is 25.6 Å². The van der Waals surface area contributed by atoms with Crippen LogP contribution in [0.25, 0.3) is 0 Å². The monoisotopic (exact) mass is 392 g/mol. The number of aryl methyl sites for hydroxylation is 1. The SMILES string of the molecule is CC(=O)Nc1ccc(C(=O)OCc2nc(N)nc(Nc3ccc(C)cc3)n2)cc1. The zero-order valence-electron chi connectivity index (χ0n) is 16.0. The Bertz CT molecular complexity index is 1020. The lowest BCUT2D eigenvalue weighted by Gasteiger charge is -2.09. The second-order valence-corrected chi connectivity index (χ2v) is 6.26. The first-order chi connectivity index (χ1) is 13.9. The number of aromatic nitrogens is 3. The maximum Gasteiger partial charge on any atom is 0.338 e. The summed E-state index contributed by atoms with van der Waals surface area (Å²) in [6.45, 7) is 3.23. The third kappa shape index (κ3) is 5.73. The number of esters is 1. The molecule has 0 aliphatic carbocycles. The summed E-state index contributed by atoms with van der Waals surface area (Å²) in [7, 11) is 0. The van der Waals surface area contributed by atoms with Gasteiger partial charge in [-0.25, -0.2) is 4.79 Å². The van der Waals surface area contributed by atoms with E-state index >= 15 is 0 Å². The van der Waals surface area contributed by atoms with Gasteiger partial charge in [0.25, 0.3) is 0 Å². The highest BCUT2D eigenvalue weighted by Gasteiger charge is 2.11. The molecule has 0 spiro atoms. The van der Waals surface area contributed by atoms with E-state index in [1.807, 2.05) is 31.2 Å². The van der Waals surface area contributed by atoms with Crippen LogP contribution in [0.4, 0.5) is 23.3 Å². The van der Waals surface area contributed by atoms with Crippen LogP contribution < -0.4 is 16.4 Å². The Balaban J connectivity index is 1.63. The van der Waals surface area contributed by atoms with Crippen LogP contribution in [0.3, 0.4) is 0 Å². The summed E-state index contributed by atoms with van der Waals surface area (Å²) < 4.78 is 5.25. The standard InChI is InChI=1S/C20H20N6O3/c1-12-3-7-16(8-4-12)23-20-25-17(24-19(21)26-20)11-29-18(28)14-5-9-15(10-6-14)22-13(2)27/h3-10H,11H2,1-2H3,(H,22,27)(H3,21,23,24,25,26). The fraction of sp³-hybridized carbons (Fsp3) is 0.150. The first-order valence-electron chi connectivity index (χ1n) is 8.78. The minimum absolute atomic E-state index is 0.0142. The number of hydrogen-bond donors (Lipinski definition) is 3. The Morgan fingerprint density at radius 2 is 1.62 bits per heavy atom. The van der Waals surface area contributed by atoms with Crippen molar-refractivity contribution in [2.45, 2.75) is 20.5 Å². The fourth-order valence-corrected chi connectivity index (χ4v) is 2.43. The number of carbonyl (C=O) groups is 2. The van der Waals surface area contributed by atoms with E-state index in [-0.39, 0.29) is 30.2 Å². The van der Waals surface area contributed by atoms with Crippen molar-refractivity contribution in [3.8, 4) is 0 Å². The van der Waals surface area contributed by atoms with Gasteiger partial charge < -0.3 is 21.1 Å².